The van der Waals surface area contributed by atoms with E-state index in [1.54, 1.807) is 26.0 Å². The van der Waals surface area contributed by atoms with Gasteiger partial charge in [0.05, 0.1) is 18.6 Å². The van der Waals surface area contributed by atoms with Gasteiger partial charge in [-0.05, 0) is 25.0 Å². The SMILES string of the molecule is CCOC(=O)Cc1ccc(C)c(C=O)c1C#N. The average Bonchev–Trinajstić information content (AvgIpc) is 2.31. The van der Waals surface area contributed by atoms with Gasteiger partial charge in [-0.15, -0.1) is 0 Å². The first-order chi connectivity index (χ1) is 8.13. The van der Waals surface area contributed by atoms with E-state index in [-0.39, 0.29) is 12.0 Å². The van der Waals surface area contributed by atoms with Crippen molar-refractivity contribution in [1.29, 1.82) is 5.26 Å². The Hall–Kier alpha value is -2.15. The smallest absolute Gasteiger partial charge is 0.310 e. The van der Waals surface area contributed by atoms with Crippen molar-refractivity contribution in [2.45, 2.75) is 20.3 Å². The Kier molecular flexibility index (Phi) is 4.41. The van der Waals surface area contributed by atoms with Crippen molar-refractivity contribution in [3.63, 3.8) is 0 Å². The van der Waals surface area contributed by atoms with Gasteiger partial charge in [0, 0.05) is 5.56 Å². The number of carbonyl (C=O) groups is 2. The summed E-state index contributed by atoms with van der Waals surface area (Å²) in [4.78, 5) is 22.2. The van der Waals surface area contributed by atoms with E-state index in [4.69, 9.17) is 10.00 Å². The molecule has 0 fully saturated rings. The van der Waals surface area contributed by atoms with Crippen LogP contribution in [0.4, 0.5) is 0 Å². The van der Waals surface area contributed by atoms with E-state index in [2.05, 4.69) is 0 Å². The molecule has 0 aliphatic heterocycles. The molecule has 0 heterocycles. The summed E-state index contributed by atoms with van der Waals surface area (Å²) in [6.45, 7) is 3.76. The number of ether oxygens (including phenoxy) is 1. The van der Waals surface area contributed by atoms with Crippen LogP contribution in [-0.2, 0) is 16.0 Å². The van der Waals surface area contributed by atoms with Gasteiger partial charge in [0.25, 0.3) is 0 Å². The lowest BCUT2D eigenvalue weighted by Gasteiger charge is -2.07. The Morgan fingerprint density at radius 2 is 2.24 bits per heavy atom. The fourth-order valence-electron chi connectivity index (χ4n) is 1.57. The first-order valence-electron chi connectivity index (χ1n) is 5.27. The zero-order valence-electron chi connectivity index (χ0n) is 9.82. The predicted octanol–water partition coefficient (Wildman–Crippen LogP) is 1.78. The topological polar surface area (TPSA) is 67.2 Å². The summed E-state index contributed by atoms with van der Waals surface area (Å²) in [7, 11) is 0. The van der Waals surface area contributed by atoms with Crippen LogP contribution in [0.25, 0.3) is 0 Å². The minimum atomic E-state index is -0.398. The number of hydrogen-bond acceptors (Lipinski definition) is 4. The normalized spacial score (nSPS) is 9.47. The highest BCUT2D eigenvalue weighted by molar-refractivity contribution is 5.84. The predicted molar refractivity (Wildman–Crippen MR) is 61.6 cm³/mol. The highest BCUT2D eigenvalue weighted by atomic mass is 16.5. The largest absolute Gasteiger partial charge is 0.466 e. The molecule has 0 saturated carbocycles. The van der Waals surface area contributed by atoms with Gasteiger partial charge in [-0.2, -0.15) is 5.26 Å². The summed E-state index contributed by atoms with van der Waals surface area (Å²) in [5.41, 5.74) is 1.85. The first kappa shape index (κ1) is 12.9. The Balaban J connectivity index is 3.13. The van der Waals surface area contributed by atoms with Gasteiger partial charge >= 0.3 is 5.97 Å². The first-order valence-corrected chi connectivity index (χ1v) is 5.27. The number of esters is 1. The van der Waals surface area contributed by atoms with Crippen LogP contribution in [0.2, 0.25) is 0 Å². The van der Waals surface area contributed by atoms with E-state index in [0.717, 1.165) is 5.56 Å². The lowest BCUT2D eigenvalue weighted by atomic mass is 9.96. The van der Waals surface area contributed by atoms with Crippen LogP contribution in [0.1, 0.15) is 34.0 Å². The maximum Gasteiger partial charge on any atom is 0.310 e. The monoisotopic (exact) mass is 231 g/mol. The fourth-order valence-corrected chi connectivity index (χ4v) is 1.57. The minimum Gasteiger partial charge on any atom is -0.466 e. The van der Waals surface area contributed by atoms with E-state index in [0.29, 0.717) is 24.0 Å². The molecule has 0 atom stereocenters. The average molecular weight is 231 g/mol. The summed E-state index contributed by atoms with van der Waals surface area (Å²) >= 11 is 0. The van der Waals surface area contributed by atoms with Crippen LogP contribution in [0, 0.1) is 18.3 Å². The molecule has 17 heavy (non-hydrogen) atoms. The maximum atomic E-state index is 11.3. The quantitative estimate of drug-likeness (QED) is 0.585. The molecule has 1 aromatic carbocycles. The lowest BCUT2D eigenvalue weighted by Crippen LogP contribution is -2.10. The van der Waals surface area contributed by atoms with Crippen LogP contribution in [-0.4, -0.2) is 18.9 Å². The van der Waals surface area contributed by atoms with Gasteiger partial charge in [0.15, 0.2) is 6.29 Å². The van der Waals surface area contributed by atoms with Crippen molar-refractivity contribution in [1.82, 2.24) is 0 Å². The minimum absolute atomic E-state index is 0.0118. The lowest BCUT2D eigenvalue weighted by molar-refractivity contribution is -0.142. The molecule has 1 aromatic rings. The van der Waals surface area contributed by atoms with Crippen LogP contribution in [0.15, 0.2) is 12.1 Å². The van der Waals surface area contributed by atoms with Crippen molar-refractivity contribution in [3.8, 4) is 6.07 Å². The number of aldehydes is 1. The van der Waals surface area contributed by atoms with Crippen molar-refractivity contribution in [2.75, 3.05) is 6.61 Å². The third kappa shape index (κ3) is 2.91. The van der Waals surface area contributed by atoms with Gasteiger partial charge in [-0.25, -0.2) is 0 Å². The number of carbonyl (C=O) groups excluding carboxylic acids is 2. The second kappa shape index (κ2) is 5.80. The van der Waals surface area contributed by atoms with Crippen LogP contribution in [0.3, 0.4) is 0 Å². The van der Waals surface area contributed by atoms with E-state index >= 15 is 0 Å². The second-order valence-corrected chi connectivity index (χ2v) is 3.54. The molecule has 0 radical (unpaired) electrons. The second-order valence-electron chi connectivity index (χ2n) is 3.54. The summed E-state index contributed by atoms with van der Waals surface area (Å²) in [5.74, 6) is -0.398. The van der Waals surface area contributed by atoms with E-state index in [1.807, 2.05) is 6.07 Å². The third-order valence-electron chi connectivity index (χ3n) is 2.42. The zero-order valence-corrected chi connectivity index (χ0v) is 9.82. The molecule has 0 amide bonds. The summed E-state index contributed by atoms with van der Waals surface area (Å²) in [6, 6.07) is 5.36. The van der Waals surface area contributed by atoms with Gasteiger partial charge < -0.3 is 4.74 Å². The summed E-state index contributed by atoms with van der Waals surface area (Å²) in [6.07, 6.45) is 0.653. The summed E-state index contributed by atoms with van der Waals surface area (Å²) in [5, 5.41) is 9.04. The number of nitrogens with zero attached hydrogens (tertiary/aromatic N) is 1. The van der Waals surface area contributed by atoms with E-state index in [1.165, 1.54) is 0 Å². The van der Waals surface area contributed by atoms with Crippen molar-refractivity contribution >= 4 is 12.3 Å². The van der Waals surface area contributed by atoms with Gasteiger partial charge in [0.2, 0.25) is 0 Å². The molecule has 0 bridgehead atoms. The molecule has 1 rings (SSSR count). The Morgan fingerprint density at radius 3 is 2.76 bits per heavy atom. The molecular formula is C13H13NO3. The van der Waals surface area contributed by atoms with Crippen molar-refractivity contribution in [3.05, 3.63) is 34.4 Å². The van der Waals surface area contributed by atoms with Crippen LogP contribution in [0.5, 0.6) is 0 Å². The van der Waals surface area contributed by atoms with E-state index < -0.39 is 5.97 Å². The molecule has 0 unspecified atom stereocenters. The molecule has 4 nitrogen and oxygen atoms in total. The molecule has 0 N–H and O–H groups in total. The molecular weight excluding hydrogens is 218 g/mol. The van der Waals surface area contributed by atoms with Gasteiger partial charge in [0.1, 0.15) is 6.07 Å². The standard InChI is InChI=1S/C13H13NO3/c1-3-17-13(16)6-10-5-4-9(2)12(8-15)11(10)7-14/h4-5,8H,3,6H2,1-2H3. The molecule has 0 spiro atoms. The molecule has 0 aliphatic rings. The Bertz CT molecular complexity index is 486. The van der Waals surface area contributed by atoms with E-state index in [9.17, 15) is 9.59 Å². The zero-order chi connectivity index (χ0) is 12.8. The highest BCUT2D eigenvalue weighted by Crippen LogP contribution is 2.17. The Labute approximate surface area is 99.8 Å². The number of hydrogen-bond donors (Lipinski definition) is 0. The molecule has 0 saturated heterocycles. The summed E-state index contributed by atoms with van der Waals surface area (Å²) < 4.78 is 4.81. The molecule has 88 valence electrons. The maximum absolute atomic E-state index is 11.3. The molecule has 0 aromatic heterocycles. The fraction of sp³-hybridized carbons (Fsp3) is 0.308. The van der Waals surface area contributed by atoms with Gasteiger partial charge in [-0.1, -0.05) is 12.1 Å². The molecule has 4 heteroatoms. The third-order valence-corrected chi connectivity index (χ3v) is 2.42. The number of nitriles is 1. The number of rotatable bonds is 4. The van der Waals surface area contributed by atoms with Gasteiger partial charge in [-0.3, -0.25) is 9.59 Å². The highest BCUT2D eigenvalue weighted by Gasteiger charge is 2.13. The van der Waals surface area contributed by atoms with Crippen molar-refractivity contribution < 1.29 is 14.3 Å². The van der Waals surface area contributed by atoms with Crippen LogP contribution < -0.4 is 0 Å². The van der Waals surface area contributed by atoms with Crippen LogP contribution >= 0.6 is 0 Å². The number of benzene rings is 1. The van der Waals surface area contributed by atoms with Crippen molar-refractivity contribution in [2.24, 2.45) is 0 Å². The molecule has 0 aliphatic carbocycles. The number of aryl methyl sites for hydroxylation is 1. The Morgan fingerprint density at radius 1 is 1.53 bits per heavy atom.